The van der Waals surface area contributed by atoms with E-state index in [1.54, 1.807) is 45.2 Å². The average molecular weight is 851 g/mol. The minimum Gasteiger partial charge on any atom is -0.497 e. The molecule has 0 saturated carbocycles. The van der Waals surface area contributed by atoms with Crippen molar-refractivity contribution >= 4 is 23.4 Å². The smallest absolute Gasteiger partial charge is 0.255 e. The van der Waals surface area contributed by atoms with Crippen LogP contribution in [0, 0.1) is 16.7 Å². The lowest BCUT2D eigenvalue weighted by Gasteiger charge is -2.52. The molecule has 1 N–H and O–H groups in total. The van der Waals surface area contributed by atoms with Gasteiger partial charge in [0.05, 0.1) is 65.2 Å². The molecule has 2 saturated heterocycles. The molecule has 332 valence electrons. The number of ketones is 2. The summed E-state index contributed by atoms with van der Waals surface area (Å²) in [6.07, 6.45) is -1.58. The second kappa shape index (κ2) is 19.5. The number of aliphatic hydroxyl groups excluding tert-OH is 1. The molecule has 62 heavy (non-hydrogen) atoms. The molecule has 0 bridgehead atoms. The molecule has 6 rings (SSSR count). The maximum Gasteiger partial charge on any atom is 0.255 e. The van der Waals surface area contributed by atoms with Gasteiger partial charge in [0.15, 0.2) is 17.7 Å². The van der Waals surface area contributed by atoms with Crippen LogP contribution in [0.5, 0.6) is 23.0 Å². The maximum atomic E-state index is 13.4. The predicted octanol–water partition coefficient (Wildman–Crippen LogP) is 7.64. The molecule has 12 nitrogen and oxygen atoms in total. The Morgan fingerprint density at radius 1 is 0.661 bits per heavy atom. The van der Waals surface area contributed by atoms with Crippen molar-refractivity contribution in [2.45, 2.75) is 91.8 Å². The van der Waals surface area contributed by atoms with Crippen LogP contribution in [0.25, 0.3) is 0 Å². The zero-order chi connectivity index (χ0) is 45.7. The number of epoxide rings is 1. The van der Waals surface area contributed by atoms with Crippen LogP contribution in [-0.4, -0.2) is 97.6 Å². The van der Waals surface area contributed by atoms with Crippen LogP contribution in [0.15, 0.2) is 97.1 Å². The third kappa shape index (κ3) is 10.7. The Morgan fingerprint density at radius 3 is 1.31 bits per heavy atom. The summed E-state index contributed by atoms with van der Waals surface area (Å²) in [7, 11) is 6.42. The second-order valence-electron chi connectivity index (χ2n) is 17.9. The molecular weight excluding hydrogens is 789 g/mol. The number of nitrogens with zero attached hydrogens (tertiary/aromatic N) is 2. The molecule has 4 aromatic rings. The second-order valence-corrected chi connectivity index (χ2v) is 17.9. The summed E-state index contributed by atoms with van der Waals surface area (Å²) in [4.78, 5) is 56.3. The normalized spacial score (nSPS) is 18.8. The third-order valence-corrected chi connectivity index (χ3v) is 11.4. The van der Waals surface area contributed by atoms with E-state index in [1.165, 1.54) is 0 Å². The molecule has 0 spiro atoms. The Morgan fingerprint density at radius 2 is 1.02 bits per heavy atom. The first-order chi connectivity index (χ1) is 29.2. The molecule has 0 unspecified atom stereocenters. The molecule has 2 aliphatic rings. The summed E-state index contributed by atoms with van der Waals surface area (Å²) in [6, 6.07) is 28.4. The van der Waals surface area contributed by atoms with Crippen molar-refractivity contribution in [2.24, 2.45) is 16.7 Å². The summed E-state index contributed by atoms with van der Waals surface area (Å²) in [6.45, 7) is 14.5. The van der Waals surface area contributed by atoms with Gasteiger partial charge in [0.25, 0.3) is 5.91 Å². The van der Waals surface area contributed by atoms with Crippen molar-refractivity contribution in [3.8, 4) is 23.0 Å². The van der Waals surface area contributed by atoms with Gasteiger partial charge < -0.3 is 38.6 Å². The Labute approximate surface area is 366 Å². The lowest BCUT2D eigenvalue weighted by Crippen LogP contribution is -2.69. The van der Waals surface area contributed by atoms with E-state index in [0.29, 0.717) is 11.5 Å². The fraction of sp³-hybridized carbons (Fsp3) is 0.440. The Bertz CT molecular complexity index is 2060. The molecular formula is C50H62N2O10. The highest BCUT2D eigenvalue weighted by Crippen LogP contribution is 2.44. The highest BCUT2D eigenvalue weighted by molar-refractivity contribution is 6.03. The minimum absolute atomic E-state index is 0.00234. The van der Waals surface area contributed by atoms with Gasteiger partial charge in [-0.25, -0.2) is 0 Å². The van der Waals surface area contributed by atoms with Gasteiger partial charge in [-0.3, -0.25) is 19.2 Å². The number of amides is 2. The number of rotatable bonds is 15. The first kappa shape index (κ1) is 47.3. The molecule has 2 fully saturated rings. The van der Waals surface area contributed by atoms with E-state index in [4.69, 9.17) is 23.7 Å². The van der Waals surface area contributed by atoms with Gasteiger partial charge >= 0.3 is 0 Å². The van der Waals surface area contributed by atoms with Crippen molar-refractivity contribution in [3.63, 3.8) is 0 Å². The van der Waals surface area contributed by atoms with Crippen LogP contribution in [0.4, 0.5) is 0 Å². The van der Waals surface area contributed by atoms with Gasteiger partial charge in [0.1, 0.15) is 29.0 Å². The number of benzene rings is 4. The van der Waals surface area contributed by atoms with Gasteiger partial charge in [-0.1, -0.05) is 90.1 Å². The number of aliphatic hydroxyl groups is 1. The summed E-state index contributed by atoms with van der Waals surface area (Å²) in [5.41, 5.74) is 2.26. The summed E-state index contributed by atoms with van der Waals surface area (Å²) in [5, 5.41) is 10.3. The SMILES string of the molecule is COc1ccc(C(c2ccc(OC)cc2)N(CC(=O)C(C)(C)C)C(=O)[C@@H]2O[C@@H]2C)cc1.COc1ccc(C(c2ccc(OC)cc2)N2C(=O)[C@H]([C@@H](C)O)[C@H]2C(=O)C(C)(C)C)cc1. The van der Waals surface area contributed by atoms with Gasteiger partial charge in [0, 0.05) is 10.8 Å². The zero-order valence-electron chi connectivity index (χ0n) is 38.0. The fourth-order valence-electron chi connectivity index (χ4n) is 7.53. The quantitative estimate of drug-likeness (QED) is 0.0936. The number of methoxy groups -OCH3 is 4. The van der Waals surface area contributed by atoms with Crippen molar-refractivity contribution in [2.75, 3.05) is 35.0 Å². The molecule has 4 aromatic carbocycles. The van der Waals surface area contributed by atoms with Crippen LogP contribution in [0.2, 0.25) is 0 Å². The van der Waals surface area contributed by atoms with Crippen molar-refractivity contribution in [3.05, 3.63) is 119 Å². The van der Waals surface area contributed by atoms with E-state index in [0.717, 1.165) is 33.8 Å². The zero-order valence-corrected chi connectivity index (χ0v) is 38.0. The fourth-order valence-corrected chi connectivity index (χ4v) is 7.53. The molecule has 2 aliphatic heterocycles. The van der Waals surface area contributed by atoms with Crippen LogP contribution in [0.1, 0.15) is 89.7 Å². The van der Waals surface area contributed by atoms with Crippen LogP contribution in [0.3, 0.4) is 0 Å². The molecule has 2 amide bonds. The number of ether oxygens (including phenoxy) is 5. The number of β-lactam (4-membered cyclic amide) rings is 1. The van der Waals surface area contributed by atoms with E-state index < -0.39 is 47.1 Å². The van der Waals surface area contributed by atoms with Crippen LogP contribution < -0.4 is 18.9 Å². The van der Waals surface area contributed by atoms with Crippen molar-refractivity contribution in [1.29, 1.82) is 0 Å². The van der Waals surface area contributed by atoms with Crippen LogP contribution >= 0.6 is 0 Å². The van der Waals surface area contributed by atoms with Gasteiger partial charge in [0.2, 0.25) is 5.91 Å². The number of carbonyl (C=O) groups is 4. The first-order valence-corrected chi connectivity index (χ1v) is 20.8. The van der Waals surface area contributed by atoms with E-state index in [2.05, 4.69) is 0 Å². The van der Waals surface area contributed by atoms with Crippen LogP contribution in [-0.2, 0) is 23.9 Å². The molecule has 12 heteroatoms. The van der Waals surface area contributed by atoms with E-state index in [-0.39, 0.29) is 36.0 Å². The summed E-state index contributed by atoms with van der Waals surface area (Å²) >= 11 is 0. The largest absolute Gasteiger partial charge is 0.497 e. The minimum atomic E-state index is -0.910. The summed E-state index contributed by atoms with van der Waals surface area (Å²) in [5.74, 6) is 1.63. The highest BCUT2D eigenvalue weighted by Gasteiger charge is 2.57. The molecule has 0 aliphatic carbocycles. The van der Waals surface area contributed by atoms with Crippen molar-refractivity contribution < 1.29 is 48.0 Å². The lowest BCUT2D eigenvalue weighted by molar-refractivity contribution is -0.175. The topological polar surface area (TPSA) is 144 Å². The standard InChI is InChI=1S/2C25H31NO5/c1-16-23(31-16)24(28)26(15-21(27)25(2,3)4)22(17-7-11-19(29-5)12-8-17)18-9-13-20(30-6)14-10-18;1-15(27)20-22(23(28)25(2,3)4)26(24(20)29)21(16-7-11-18(30-5)12-8-16)17-9-13-19(31-6)14-10-17/h7-14,16,22-23H,15H2,1-6H3;7-15,20-22,27H,1-6H3/t16-,23-;15-,20-,22+/m11/s1. The Balaban J connectivity index is 0.000000234. The van der Waals surface area contributed by atoms with E-state index in [9.17, 15) is 24.3 Å². The molecule has 0 radical (unpaired) electrons. The van der Waals surface area contributed by atoms with Gasteiger partial charge in [-0.15, -0.1) is 0 Å². The number of hydrogen-bond acceptors (Lipinski definition) is 10. The molecule has 0 aromatic heterocycles. The van der Waals surface area contributed by atoms with Gasteiger partial charge in [-0.2, -0.15) is 0 Å². The number of carbonyl (C=O) groups excluding carboxylic acids is 4. The first-order valence-electron chi connectivity index (χ1n) is 20.8. The van der Waals surface area contributed by atoms with Gasteiger partial charge in [-0.05, 0) is 84.6 Å². The third-order valence-electron chi connectivity index (χ3n) is 11.4. The Hall–Kier alpha value is -5.72. The number of hydrogen-bond donors (Lipinski definition) is 1. The van der Waals surface area contributed by atoms with Crippen molar-refractivity contribution in [1.82, 2.24) is 9.80 Å². The monoisotopic (exact) mass is 850 g/mol. The lowest BCUT2D eigenvalue weighted by atomic mass is 9.71. The van der Waals surface area contributed by atoms with E-state index >= 15 is 0 Å². The van der Waals surface area contributed by atoms with E-state index in [1.807, 2.05) is 146 Å². The maximum absolute atomic E-state index is 13.4. The Kier molecular flexibility index (Phi) is 14.9. The molecule has 2 heterocycles. The number of likely N-dealkylation sites (tertiary alicyclic amines) is 1. The highest BCUT2D eigenvalue weighted by atomic mass is 16.6. The average Bonchev–Trinajstić information content (AvgIpc) is 3.99. The molecule has 5 atom stereocenters. The predicted molar refractivity (Wildman–Crippen MR) is 236 cm³/mol. The summed E-state index contributed by atoms with van der Waals surface area (Å²) < 4.78 is 26.6. The number of Topliss-reactive ketones (excluding diaryl/α,β-unsaturated/α-hetero) is 2.